The first-order chi connectivity index (χ1) is 13.2. The smallest absolute Gasteiger partial charge is 0.234 e. The van der Waals surface area contributed by atoms with Crippen LogP contribution in [0.3, 0.4) is 0 Å². The number of carbonyl (C=O) groups is 1. The summed E-state index contributed by atoms with van der Waals surface area (Å²) in [6, 6.07) is 17.1. The highest BCUT2D eigenvalue weighted by Crippen LogP contribution is 2.21. The van der Waals surface area contributed by atoms with Crippen molar-refractivity contribution in [1.82, 2.24) is 4.90 Å². The quantitative estimate of drug-likeness (QED) is 0.537. The van der Waals surface area contributed by atoms with Gasteiger partial charge in [0, 0.05) is 23.8 Å². The zero-order valence-electron chi connectivity index (χ0n) is 15.2. The Hall–Kier alpha value is -1.98. The molecule has 0 spiro atoms. The highest BCUT2D eigenvalue weighted by molar-refractivity contribution is 8.14. The van der Waals surface area contributed by atoms with Crippen LogP contribution < -0.4 is 5.32 Å². The monoisotopic (exact) mass is 401 g/mol. The summed E-state index contributed by atoms with van der Waals surface area (Å²) in [5, 5.41) is 4.43. The van der Waals surface area contributed by atoms with E-state index < -0.39 is 0 Å². The Morgan fingerprint density at radius 2 is 1.78 bits per heavy atom. The number of halogens is 1. The van der Waals surface area contributed by atoms with Crippen LogP contribution in [0.5, 0.6) is 0 Å². The van der Waals surface area contributed by atoms with Crippen LogP contribution in [-0.4, -0.2) is 34.8 Å². The predicted octanol–water partition coefficient (Wildman–Crippen LogP) is 5.58. The second-order valence-corrected chi connectivity index (χ2v) is 7.86. The minimum Gasteiger partial charge on any atom is -0.351 e. The number of aliphatic imine (C=N–C) groups is 1. The summed E-state index contributed by atoms with van der Waals surface area (Å²) < 4.78 is 0. The molecule has 27 heavy (non-hydrogen) atoms. The van der Waals surface area contributed by atoms with Crippen molar-refractivity contribution in [3.63, 3.8) is 0 Å². The number of thioether (sulfide) groups is 1. The first kappa shape index (κ1) is 19.8. The molecule has 2 aromatic rings. The summed E-state index contributed by atoms with van der Waals surface area (Å²) in [5.74, 6) is 0.257. The van der Waals surface area contributed by atoms with Crippen molar-refractivity contribution in [1.29, 1.82) is 0 Å². The third-order valence-electron chi connectivity index (χ3n) is 4.30. The van der Waals surface area contributed by atoms with Gasteiger partial charge in [0.05, 0.1) is 11.4 Å². The van der Waals surface area contributed by atoms with Gasteiger partial charge in [0.1, 0.15) is 0 Å². The number of para-hydroxylation sites is 1. The third kappa shape index (κ3) is 6.60. The largest absolute Gasteiger partial charge is 0.351 e. The zero-order chi connectivity index (χ0) is 18.9. The number of hydrogen-bond donors (Lipinski definition) is 1. The van der Waals surface area contributed by atoms with Gasteiger partial charge in [0.2, 0.25) is 5.91 Å². The number of nitrogens with zero attached hydrogens (tertiary/aromatic N) is 2. The van der Waals surface area contributed by atoms with E-state index in [4.69, 9.17) is 16.6 Å². The van der Waals surface area contributed by atoms with Gasteiger partial charge in [-0.05, 0) is 43.2 Å². The molecule has 1 heterocycles. The standard InChI is InChI=1S/C21H24ClN3OS/c22-17-9-8-12-19(15-17)23-20(26)16-27-21(24-18-10-4-3-5-11-18)25-13-6-1-2-7-14-25/h3-5,8-12,15H,1-2,6-7,13-14,16H2,(H,23,26). The molecule has 1 saturated heterocycles. The molecular formula is C21H24ClN3OS. The number of amides is 1. The molecular weight excluding hydrogens is 378 g/mol. The van der Waals surface area contributed by atoms with Crippen molar-refractivity contribution < 1.29 is 4.79 Å². The molecule has 142 valence electrons. The average molecular weight is 402 g/mol. The molecule has 0 aromatic heterocycles. The van der Waals surface area contributed by atoms with Gasteiger partial charge in [-0.3, -0.25) is 4.79 Å². The summed E-state index contributed by atoms with van der Waals surface area (Å²) in [7, 11) is 0. The molecule has 0 radical (unpaired) electrons. The molecule has 1 aliphatic heterocycles. The number of amidine groups is 1. The molecule has 3 rings (SSSR count). The first-order valence-electron chi connectivity index (χ1n) is 9.27. The van der Waals surface area contributed by atoms with E-state index in [0.29, 0.717) is 16.5 Å². The van der Waals surface area contributed by atoms with Gasteiger partial charge in [0.15, 0.2) is 5.17 Å². The topological polar surface area (TPSA) is 44.7 Å². The maximum atomic E-state index is 12.4. The van der Waals surface area contributed by atoms with Crippen LogP contribution in [-0.2, 0) is 4.79 Å². The maximum Gasteiger partial charge on any atom is 0.234 e. The average Bonchev–Trinajstić information content (AvgIpc) is 2.95. The van der Waals surface area contributed by atoms with Crippen molar-refractivity contribution in [3.05, 3.63) is 59.6 Å². The van der Waals surface area contributed by atoms with Gasteiger partial charge in [-0.15, -0.1) is 0 Å². The zero-order valence-corrected chi connectivity index (χ0v) is 16.8. The van der Waals surface area contributed by atoms with E-state index in [-0.39, 0.29) is 5.91 Å². The molecule has 4 nitrogen and oxygen atoms in total. The van der Waals surface area contributed by atoms with Crippen LogP contribution in [0.2, 0.25) is 5.02 Å². The van der Waals surface area contributed by atoms with Crippen LogP contribution in [0.15, 0.2) is 59.6 Å². The number of hydrogen-bond acceptors (Lipinski definition) is 3. The normalized spacial score (nSPS) is 15.3. The minimum absolute atomic E-state index is 0.0575. The van der Waals surface area contributed by atoms with E-state index in [0.717, 1.165) is 23.9 Å². The fraction of sp³-hybridized carbons (Fsp3) is 0.333. The van der Waals surface area contributed by atoms with Crippen LogP contribution in [0, 0.1) is 0 Å². The number of carbonyl (C=O) groups excluding carboxylic acids is 1. The molecule has 1 aliphatic rings. The molecule has 0 unspecified atom stereocenters. The van der Waals surface area contributed by atoms with Crippen LogP contribution in [0.1, 0.15) is 25.7 Å². The van der Waals surface area contributed by atoms with Crippen molar-refractivity contribution in [2.24, 2.45) is 4.99 Å². The molecule has 0 bridgehead atoms. The lowest BCUT2D eigenvalue weighted by Crippen LogP contribution is -2.31. The molecule has 0 aliphatic carbocycles. The van der Waals surface area contributed by atoms with Crippen molar-refractivity contribution >= 4 is 45.8 Å². The van der Waals surface area contributed by atoms with Crippen LogP contribution in [0.25, 0.3) is 0 Å². The molecule has 2 aromatic carbocycles. The Morgan fingerprint density at radius 1 is 1.04 bits per heavy atom. The molecule has 0 atom stereocenters. The van der Waals surface area contributed by atoms with E-state index in [1.807, 2.05) is 42.5 Å². The summed E-state index contributed by atoms with van der Waals surface area (Å²) in [6.45, 7) is 1.99. The van der Waals surface area contributed by atoms with Crippen LogP contribution in [0.4, 0.5) is 11.4 Å². The van der Waals surface area contributed by atoms with E-state index in [1.54, 1.807) is 12.1 Å². The first-order valence-corrected chi connectivity index (χ1v) is 10.6. The number of anilines is 1. The van der Waals surface area contributed by atoms with Gasteiger partial charge >= 0.3 is 0 Å². The van der Waals surface area contributed by atoms with Gasteiger partial charge in [0.25, 0.3) is 0 Å². The summed E-state index contributed by atoms with van der Waals surface area (Å²) in [6.07, 6.45) is 4.86. The van der Waals surface area contributed by atoms with Crippen molar-refractivity contribution in [2.75, 3.05) is 24.2 Å². The fourth-order valence-electron chi connectivity index (χ4n) is 2.96. The molecule has 1 amide bonds. The summed E-state index contributed by atoms with van der Waals surface area (Å²) >= 11 is 7.48. The van der Waals surface area contributed by atoms with E-state index in [1.165, 1.54) is 37.4 Å². The second kappa shape index (κ2) is 10.4. The summed E-state index contributed by atoms with van der Waals surface area (Å²) in [4.78, 5) is 19.5. The Labute approximate surface area is 170 Å². The van der Waals surface area contributed by atoms with Gasteiger partial charge < -0.3 is 10.2 Å². The van der Waals surface area contributed by atoms with Crippen molar-refractivity contribution in [2.45, 2.75) is 25.7 Å². The van der Waals surface area contributed by atoms with Gasteiger partial charge in [-0.2, -0.15) is 0 Å². The Kier molecular flexibility index (Phi) is 7.60. The predicted molar refractivity (Wildman–Crippen MR) is 116 cm³/mol. The van der Waals surface area contributed by atoms with Gasteiger partial charge in [-0.1, -0.05) is 60.5 Å². The lowest BCUT2D eigenvalue weighted by Gasteiger charge is -2.23. The fourth-order valence-corrected chi connectivity index (χ4v) is 4.02. The maximum absolute atomic E-state index is 12.4. The van der Waals surface area contributed by atoms with Crippen LogP contribution >= 0.6 is 23.4 Å². The van der Waals surface area contributed by atoms with E-state index in [9.17, 15) is 4.79 Å². The molecule has 1 N–H and O–H groups in total. The lowest BCUT2D eigenvalue weighted by atomic mass is 10.2. The SMILES string of the molecule is O=C(CSC(=Nc1ccccc1)N1CCCCCC1)Nc1cccc(Cl)c1. The number of rotatable bonds is 4. The Bertz CT molecular complexity index is 774. The third-order valence-corrected chi connectivity index (χ3v) is 5.55. The van der Waals surface area contributed by atoms with E-state index >= 15 is 0 Å². The number of likely N-dealkylation sites (tertiary alicyclic amines) is 1. The molecule has 0 saturated carbocycles. The summed E-state index contributed by atoms with van der Waals surface area (Å²) in [5.41, 5.74) is 1.63. The number of benzene rings is 2. The molecule has 6 heteroatoms. The minimum atomic E-state index is -0.0575. The highest BCUT2D eigenvalue weighted by Gasteiger charge is 2.16. The Balaban J connectivity index is 1.67. The second-order valence-electron chi connectivity index (χ2n) is 6.48. The van der Waals surface area contributed by atoms with Crippen molar-refractivity contribution in [3.8, 4) is 0 Å². The van der Waals surface area contributed by atoms with Gasteiger partial charge in [-0.25, -0.2) is 4.99 Å². The van der Waals surface area contributed by atoms with E-state index in [2.05, 4.69) is 10.2 Å². The highest BCUT2D eigenvalue weighted by atomic mass is 35.5. The molecule has 1 fully saturated rings. The number of nitrogens with one attached hydrogen (secondary N) is 1. The lowest BCUT2D eigenvalue weighted by molar-refractivity contribution is -0.113. The Morgan fingerprint density at radius 3 is 2.48 bits per heavy atom.